The summed E-state index contributed by atoms with van der Waals surface area (Å²) in [5.41, 5.74) is 6.25. The molecule has 0 spiro atoms. The van der Waals surface area contributed by atoms with Gasteiger partial charge >= 0.3 is 5.97 Å². The molecule has 168 valence electrons. The van der Waals surface area contributed by atoms with Crippen molar-refractivity contribution in [1.82, 2.24) is 0 Å². The monoisotopic (exact) mass is 449 g/mol. The second-order valence-electron chi connectivity index (χ2n) is 9.25. The van der Waals surface area contributed by atoms with Gasteiger partial charge < -0.3 is 4.74 Å². The van der Waals surface area contributed by atoms with Gasteiger partial charge in [0.1, 0.15) is 0 Å². The number of allylic oxidation sites excluding steroid dienone is 4. The number of carbonyl (C=O) groups is 1. The zero-order valence-electron chi connectivity index (χ0n) is 19.7. The number of ether oxygens (including phenoxy) is 1. The third-order valence-electron chi connectivity index (χ3n) is 6.61. The summed E-state index contributed by atoms with van der Waals surface area (Å²) in [7, 11) is 1.38. The molecule has 1 aliphatic carbocycles. The Kier molecular flexibility index (Phi) is 7.47. The summed E-state index contributed by atoms with van der Waals surface area (Å²) in [6, 6.07) is 8.14. The molecule has 1 aromatic carbocycles. The SMILES string of the molecule is C#C/C(=C\C=C(/C)CC1=C2CCCC2=NC(c2cccc(Cl)c2)C1C)C(C)(C)C(=O)OC. The van der Waals surface area contributed by atoms with Crippen LogP contribution >= 0.6 is 11.6 Å². The van der Waals surface area contributed by atoms with Crippen LogP contribution in [-0.2, 0) is 9.53 Å². The van der Waals surface area contributed by atoms with Crippen LogP contribution in [0.4, 0.5) is 0 Å². The first-order valence-electron chi connectivity index (χ1n) is 11.2. The van der Waals surface area contributed by atoms with Crippen LogP contribution in [0.2, 0.25) is 5.02 Å². The lowest BCUT2D eigenvalue weighted by atomic mass is 9.79. The minimum absolute atomic E-state index is 0.0865. The first kappa shape index (κ1) is 24.1. The maximum atomic E-state index is 12.1. The number of fused-ring (bicyclic) bond motifs is 1. The van der Waals surface area contributed by atoms with Gasteiger partial charge in [-0.25, -0.2) is 0 Å². The van der Waals surface area contributed by atoms with E-state index >= 15 is 0 Å². The molecule has 2 atom stereocenters. The van der Waals surface area contributed by atoms with Crippen molar-refractivity contribution in [2.75, 3.05) is 7.11 Å². The Hall–Kier alpha value is -2.57. The number of esters is 1. The number of dihydropyridines is 1. The molecule has 0 amide bonds. The highest BCUT2D eigenvalue weighted by Gasteiger charge is 2.34. The average molecular weight is 450 g/mol. The molecule has 2 unspecified atom stereocenters. The number of hydrogen-bond acceptors (Lipinski definition) is 3. The molecule has 0 bridgehead atoms. The molecule has 0 radical (unpaired) electrons. The number of hydrogen-bond donors (Lipinski definition) is 0. The van der Waals surface area contributed by atoms with Crippen molar-refractivity contribution in [2.24, 2.45) is 16.3 Å². The molecule has 1 saturated carbocycles. The molecule has 2 aliphatic rings. The van der Waals surface area contributed by atoms with Crippen molar-refractivity contribution in [2.45, 2.75) is 59.4 Å². The Morgan fingerprint density at radius 1 is 1.34 bits per heavy atom. The van der Waals surface area contributed by atoms with Crippen molar-refractivity contribution in [3.05, 3.63) is 69.3 Å². The van der Waals surface area contributed by atoms with Crippen molar-refractivity contribution >= 4 is 23.3 Å². The molecule has 0 aromatic heterocycles. The van der Waals surface area contributed by atoms with Crippen LogP contribution in [0.25, 0.3) is 0 Å². The highest BCUT2D eigenvalue weighted by atomic mass is 35.5. The average Bonchev–Trinajstić information content (AvgIpc) is 3.23. The molecule has 1 aliphatic heterocycles. The van der Waals surface area contributed by atoms with Gasteiger partial charge in [0.05, 0.1) is 18.6 Å². The fourth-order valence-corrected chi connectivity index (χ4v) is 4.87. The summed E-state index contributed by atoms with van der Waals surface area (Å²) >= 11 is 6.27. The zero-order chi connectivity index (χ0) is 23.5. The highest BCUT2D eigenvalue weighted by molar-refractivity contribution is 6.30. The molecule has 3 nitrogen and oxygen atoms in total. The Labute approximate surface area is 197 Å². The normalized spacial score (nSPS) is 21.7. The van der Waals surface area contributed by atoms with Gasteiger partial charge in [-0.1, -0.05) is 53.8 Å². The van der Waals surface area contributed by atoms with Crippen LogP contribution < -0.4 is 0 Å². The fraction of sp³-hybridized carbons (Fsp3) is 0.429. The van der Waals surface area contributed by atoms with Crippen LogP contribution in [0.5, 0.6) is 0 Å². The smallest absolute Gasteiger partial charge is 0.316 e. The molecule has 4 heteroatoms. The van der Waals surface area contributed by atoms with E-state index in [-0.39, 0.29) is 17.9 Å². The second-order valence-corrected chi connectivity index (χ2v) is 9.69. The number of terminal acetylenes is 1. The summed E-state index contributed by atoms with van der Waals surface area (Å²) in [4.78, 5) is 17.3. The van der Waals surface area contributed by atoms with E-state index in [1.165, 1.54) is 29.5 Å². The lowest BCUT2D eigenvalue weighted by Gasteiger charge is -2.31. The predicted molar refractivity (Wildman–Crippen MR) is 133 cm³/mol. The maximum Gasteiger partial charge on any atom is 0.316 e. The predicted octanol–water partition coefficient (Wildman–Crippen LogP) is 7.05. The number of methoxy groups -OCH3 is 1. The van der Waals surface area contributed by atoms with Gasteiger partial charge in [-0.15, -0.1) is 6.42 Å². The minimum Gasteiger partial charge on any atom is -0.468 e. The van der Waals surface area contributed by atoms with Gasteiger partial charge in [-0.3, -0.25) is 9.79 Å². The molecule has 32 heavy (non-hydrogen) atoms. The Morgan fingerprint density at radius 2 is 2.09 bits per heavy atom. The lowest BCUT2D eigenvalue weighted by molar-refractivity contribution is -0.148. The van der Waals surface area contributed by atoms with E-state index in [0.717, 1.165) is 36.3 Å². The van der Waals surface area contributed by atoms with Crippen LogP contribution in [-0.4, -0.2) is 18.8 Å². The number of rotatable bonds is 6. The van der Waals surface area contributed by atoms with E-state index in [4.69, 9.17) is 27.8 Å². The summed E-state index contributed by atoms with van der Waals surface area (Å²) in [5, 5.41) is 0.744. The van der Waals surface area contributed by atoms with Crippen LogP contribution in [0.1, 0.15) is 65.0 Å². The molecule has 1 fully saturated rings. The topological polar surface area (TPSA) is 38.7 Å². The third kappa shape index (κ3) is 4.92. The van der Waals surface area contributed by atoms with E-state index in [9.17, 15) is 4.79 Å². The minimum atomic E-state index is -0.858. The molecular weight excluding hydrogens is 418 g/mol. The number of benzene rings is 1. The van der Waals surface area contributed by atoms with E-state index in [1.807, 2.05) is 30.4 Å². The van der Waals surface area contributed by atoms with Crippen LogP contribution in [0.3, 0.4) is 0 Å². The number of aliphatic imine (C=N–C) groups is 1. The second kappa shape index (κ2) is 9.92. The number of carbonyl (C=O) groups excluding carboxylic acids is 1. The van der Waals surface area contributed by atoms with E-state index < -0.39 is 5.41 Å². The van der Waals surface area contributed by atoms with Crippen LogP contribution in [0.15, 0.2) is 63.7 Å². The fourth-order valence-electron chi connectivity index (χ4n) is 4.67. The number of halogens is 1. The summed E-state index contributed by atoms with van der Waals surface area (Å²) in [6.07, 6.45) is 13.8. The third-order valence-corrected chi connectivity index (χ3v) is 6.85. The molecule has 0 saturated heterocycles. The zero-order valence-corrected chi connectivity index (χ0v) is 20.4. The summed E-state index contributed by atoms with van der Waals surface area (Å²) < 4.78 is 4.92. The van der Waals surface area contributed by atoms with Crippen molar-refractivity contribution < 1.29 is 9.53 Å². The molecule has 1 aromatic rings. The first-order chi connectivity index (χ1) is 15.2. The van der Waals surface area contributed by atoms with E-state index in [1.54, 1.807) is 13.8 Å². The molecule has 3 rings (SSSR count). The van der Waals surface area contributed by atoms with E-state index in [0.29, 0.717) is 5.57 Å². The summed E-state index contributed by atoms with van der Waals surface area (Å²) in [6.45, 7) is 7.96. The standard InChI is InChI=1S/C28H32ClNO2/c1-7-21(28(4,5)27(31)32-6)15-14-18(2)16-24-19(3)26(20-10-8-11-22(29)17-20)30-25-13-9-12-23(24)25/h1,8,10-11,14-15,17,19,26H,9,12-13,16H2,2-6H3/b18-14+,21-15+. The van der Waals surface area contributed by atoms with E-state index in [2.05, 4.69) is 25.8 Å². The molecule has 1 heterocycles. The van der Waals surface area contributed by atoms with Crippen molar-refractivity contribution in [1.29, 1.82) is 0 Å². The quantitative estimate of drug-likeness (QED) is 0.265. The van der Waals surface area contributed by atoms with Crippen molar-refractivity contribution in [3.8, 4) is 12.3 Å². The van der Waals surface area contributed by atoms with Gasteiger partial charge in [0, 0.05) is 22.2 Å². The van der Waals surface area contributed by atoms with Crippen molar-refractivity contribution in [3.63, 3.8) is 0 Å². The summed E-state index contributed by atoms with van der Waals surface area (Å²) in [5.74, 6) is 2.62. The van der Waals surface area contributed by atoms with Gasteiger partial charge in [0.2, 0.25) is 0 Å². The largest absolute Gasteiger partial charge is 0.468 e. The lowest BCUT2D eigenvalue weighted by Crippen LogP contribution is -2.27. The van der Waals surface area contributed by atoms with Gasteiger partial charge in [0.25, 0.3) is 0 Å². The first-order valence-corrected chi connectivity index (χ1v) is 11.5. The van der Waals surface area contributed by atoms with Crippen LogP contribution in [0, 0.1) is 23.7 Å². The highest BCUT2D eigenvalue weighted by Crippen LogP contribution is 2.44. The Morgan fingerprint density at radius 3 is 2.75 bits per heavy atom. The molecular formula is C28H32ClNO2. The van der Waals surface area contributed by atoms with Gasteiger partial charge in [-0.05, 0) is 75.8 Å². The molecule has 0 N–H and O–H groups in total. The maximum absolute atomic E-state index is 12.1. The Balaban J connectivity index is 1.90. The Bertz CT molecular complexity index is 1070. The van der Waals surface area contributed by atoms with Gasteiger partial charge in [0.15, 0.2) is 0 Å². The number of nitrogens with zero attached hydrogens (tertiary/aromatic N) is 1. The van der Waals surface area contributed by atoms with Gasteiger partial charge in [-0.2, -0.15) is 0 Å².